The summed E-state index contributed by atoms with van der Waals surface area (Å²) >= 11 is 6.21. The SMILES string of the molecule is C[C@@](C(=O)O[C@H]1C[N+]2(CCc3cccc(Cl)c3)CCC1CC2)(c1ccccc1)N1CCCCC1. The smallest absolute Gasteiger partial charge is 0.331 e. The molecule has 4 aliphatic heterocycles. The molecule has 4 nitrogen and oxygen atoms in total. The minimum atomic E-state index is -0.723. The van der Waals surface area contributed by atoms with Crippen LogP contribution in [0.3, 0.4) is 0 Å². The Hall–Kier alpha value is -1.88. The van der Waals surface area contributed by atoms with Gasteiger partial charge in [-0.15, -0.1) is 0 Å². The van der Waals surface area contributed by atoms with Gasteiger partial charge in [-0.05, 0) is 56.1 Å². The molecule has 0 saturated carbocycles. The van der Waals surface area contributed by atoms with E-state index in [4.69, 9.17) is 16.3 Å². The fraction of sp³-hybridized carbons (Fsp3) is 0.552. The summed E-state index contributed by atoms with van der Waals surface area (Å²) < 4.78 is 7.54. The number of hydrogen-bond acceptors (Lipinski definition) is 3. The highest BCUT2D eigenvalue weighted by molar-refractivity contribution is 6.30. The number of benzene rings is 2. The van der Waals surface area contributed by atoms with Crippen LogP contribution in [-0.2, 0) is 21.5 Å². The van der Waals surface area contributed by atoms with Gasteiger partial charge in [0.1, 0.15) is 12.1 Å². The molecule has 2 aromatic carbocycles. The summed E-state index contributed by atoms with van der Waals surface area (Å²) in [5.41, 5.74) is 1.62. The Bertz CT molecular complexity index is 983. The van der Waals surface area contributed by atoms with E-state index in [1.165, 1.54) is 25.1 Å². The van der Waals surface area contributed by atoms with Crippen LogP contribution in [-0.4, -0.2) is 60.7 Å². The van der Waals surface area contributed by atoms with Gasteiger partial charge in [-0.1, -0.05) is 60.5 Å². The number of nitrogens with zero attached hydrogens (tertiary/aromatic N) is 2. The monoisotopic (exact) mass is 481 g/mol. The maximum Gasteiger partial charge on any atom is 0.331 e. The van der Waals surface area contributed by atoms with Gasteiger partial charge in [0.25, 0.3) is 0 Å². The summed E-state index contributed by atoms with van der Waals surface area (Å²) in [5.74, 6) is 0.434. The van der Waals surface area contributed by atoms with Crippen LogP contribution in [0.15, 0.2) is 54.6 Å². The molecule has 6 rings (SSSR count). The lowest BCUT2D eigenvalue weighted by Crippen LogP contribution is -2.65. The van der Waals surface area contributed by atoms with Crippen molar-refractivity contribution in [3.8, 4) is 0 Å². The molecule has 0 radical (unpaired) electrons. The Morgan fingerprint density at radius 3 is 2.50 bits per heavy atom. The summed E-state index contributed by atoms with van der Waals surface area (Å²) in [5, 5.41) is 0.805. The van der Waals surface area contributed by atoms with E-state index in [-0.39, 0.29) is 12.1 Å². The zero-order valence-corrected chi connectivity index (χ0v) is 21.2. The number of quaternary nitrogens is 1. The molecule has 182 valence electrons. The van der Waals surface area contributed by atoms with Crippen LogP contribution in [0.4, 0.5) is 0 Å². The van der Waals surface area contributed by atoms with Crippen LogP contribution < -0.4 is 0 Å². The maximum atomic E-state index is 13.9. The summed E-state index contributed by atoms with van der Waals surface area (Å²) in [6, 6.07) is 18.5. The number of piperidine rings is 4. The molecule has 2 aromatic rings. The standard InChI is InChI=1S/C29H38ClN2O2/c1-29(25-10-4-2-5-11-25,31-16-6-3-7-17-31)28(33)34-27-22-32(19-14-24(27)15-20-32)18-13-23-9-8-12-26(30)21-23/h2,4-5,8-12,21,24,27H,3,6-7,13-20,22H2,1H3/q+1/t24?,27-,29-,32?/m0/s1. The topological polar surface area (TPSA) is 29.5 Å². The minimum Gasteiger partial charge on any atom is -0.454 e. The van der Waals surface area contributed by atoms with Gasteiger partial charge in [0.2, 0.25) is 0 Å². The van der Waals surface area contributed by atoms with E-state index in [1.54, 1.807) is 0 Å². The first kappa shape index (κ1) is 23.8. The van der Waals surface area contributed by atoms with Crippen LogP contribution in [0.2, 0.25) is 5.02 Å². The third-order valence-electron chi connectivity index (χ3n) is 8.79. The van der Waals surface area contributed by atoms with Crippen molar-refractivity contribution >= 4 is 17.6 Å². The van der Waals surface area contributed by atoms with E-state index in [0.717, 1.165) is 73.4 Å². The van der Waals surface area contributed by atoms with Gasteiger partial charge in [0.15, 0.2) is 6.10 Å². The van der Waals surface area contributed by atoms with Crippen molar-refractivity contribution in [1.82, 2.24) is 4.90 Å². The number of likely N-dealkylation sites (tertiary alicyclic amines) is 1. The average Bonchev–Trinajstić information content (AvgIpc) is 2.89. The first-order valence-corrected chi connectivity index (χ1v) is 13.5. The Balaban J connectivity index is 1.31. The maximum absolute atomic E-state index is 13.9. The molecule has 2 atom stereocenters. The summed E-state index contributed by atoms with van der Waals surface area (Å²) in [6.45, 7) is 8.41. The molecular weight excluding hydrogens is 444 g/mol. The third-order valence-corrected chi connectivity index (χ3v) is 9.02. The van der Waals surface area contributed by atoms with E-state index < -0.39 is 5.54 Å². The van der Waals surface area contributed by atoms with Gasteiger partial charge in [-0.2, -0.15) is 0 Å². The molecule has 4 saturated heterocycles. The van der Waals surface area contributed by atoms with E-state index in [9.17, 15) is 4.79 Å². The highest BCUT2D eigenvalue weighted by atomic mass is 35.5. The fourth-order valence-corrected chi connectivity index (χ4v) is 6.73. The molecule has 0 aromatic heterocycles. The first-order valence-electron chi connectivity index (χ1n) is 13.1. The third kappa shape index (κ3) is 4.78. The normalized spacial score (nSPS) is 28.9. The molecule has 34 heavy (non-hydrogen) atoms. The second-order valence-corrected chi connectivity index (χ2v) is 11.3. The molecule has 2 bridgehead atoms. The van der Waals surface area contributed by atoms with Crippen LogP contribution >= 0.6 is 11.6 Å². The quantitative estimate of drug-likeness (QED) is 0.389. The molecule has 4 aliphatic rings. The number of esters is 1. The van der Waals surface area contributed by atoms with Crippen molar-refractivity contribution in [2.45, 2.75) is 57.1 Å². The van der Waals surface area contributed by atoms with Gasteiger partial charge >= 0.3 is 5.97 Å². The lowest BCUT2D eigenvalue weighted by Gasteiger charge is -2.53. The largest absolute Gasteiger partial charge is 0.454 e. The number of rotatable bonds is 7. The van der Waals surface area contributed by atoms with Crippen molar-refractivity contribution in [3.05, 3.63) is 70.7 Å². The van der Waals surface area contributed by atoms with Crippen LogP contribution in [0.1, 0.15) is 50.2 Å². The molecule has 0 aliphatic carbocycles. The molecule has 4 heterocycles. The molecule has 4 fully saturated rings. The van der Waals surface area contributed by atoms with Crippen LogP contribution in [0, 0.1) is 5.92 Å². The first-order chi connectivity index (χ1) is 16.5. The minimum absolute atomic E-state index is 0.0159. The zero-order valence-electron chi connectivity index (χ0n) is 20.4. The van der Waals surface area contributed by atoms with E-state index in [2.05, 4.69) is 36.1 Å². The fourth-order valence-electron chi connectivity index (χ4n) is 6.51. The van der Waals surface area contributed by atoms with Gasteiger partial charge in [-0.25, -0.2) is 4.79 Å². The highest BCUT2D eigenvalue weighted by Crippen LogP contribution is 2.39. The number of hydrogen-bond donors (Lipinski definition) is 0. The number of carbonyl (C=O) groups is 1. The van der Waals surface area contributed by atoms with Gasteiger partial charge in [-0.3, -0.25) is 4.90 Å². The van der Waals surface area contributed by atoms with Crippen molar-refractivity contribution < 1.29 is 14.0 Å². The number of ether oxygens (including phenoxy) is 1. The van der Waals surface area contributed by atoms with Gasteiger partial charge < -0.3 is 9.22 Å². The highest BCUT2D eigenvalue weighted by Gasteiger charge is 2.50. The molecule has 0 amide bonds. The lowest BCUT2D eigenvalue weighted by molar-refractivity contribution is -0.946. The zero-order chi connectivity index (χ0) is 23.6. The number of halogens is 1. The molecule has 5 heteroatoms. The summed E-state index contributed by atoms with van der Waals surface area (Å²) in [6.07, 6.45) is 6.87. The van der Waals surface area contributed by atoms with Gasteiger partial charge in [0.05, 0.1) is 19.6 Å². The van der Waals surface area contributed by atoms with Crippen molar-refractivity contribution in [2.24, 2.45) is 5.92 Å². The predicted molar refractivity (Wildman–Crippen MR) is 137 cm³/mol. The Morgan fingerprint density at radius 2 is 1.79 bits per heavy atom. The van der Waals surface area contributed by atoms with Crippen molar-refractivity contribution in [1.29, 1.82) is 0 Å². The lowest BCUT2D eigenvalue weighted by atomic mass is 9.82. The van der Waals surface area contributed by atoms with Crippen molar-refractivity contribution in [3.63, 3.8) is 0 Å². The summed E-state index contributed by atoms with van der Waals surface area (Å²) in [4.78, 5) is 16.3. The van der Waals surface area contributed by atoms with E-state index in [1.807, 2.05) is 30.3 Å². The molecule has 0 unspecified atom stereocenters. The van der Waals surface area contributed by atoms with E-state index in [0.29, 0.717) is 5.92 Å². The van der Waals surface area contributed by atoms with Crippen LogP contribution in [0.25, 0.3) is 0 Å². The Morgan fingerprint density at radius 1 is 1.06 bits per heavy atom. The number of carbonyl (C=O) groups excluding carboxylic acids is 1. The van der Waals surface area contributed by atoms with E-state index >= 15 is 0 Å². The molecule has 0 spiro atoms. The van der Waals surface area contributed by atoms with Crippen LogP contribution in [0.5, 0.6) is 0 Å². The molecular formula is C29H38ClN2O2+. The Labute approximate surface area is 209 Å². The predicted octanol–water partition coefficient (Wildman–Crippen LogP) is 5.44. The second-order valence-electron chi connectivity index (χ2n) is 10.8. The average molecular weight is 482 g/mol. The number of fused-ring (bicyclic) bond motifs is 3. The molecule has 0 N–H and O–H groups in total. The van der Waals surface area contributed by atoms with Crippen molar-refractivity contribution in [2.75, 3.05) is 39.3 Å². The van der Waals surface area contributed by atoms with Gasteiger partial charge in [0, 0.05) is 30.2 Å². The Kier molecular flexibility index (Phi) is 7.02. The second kappa shape index (κ2) is 10.0. The summed E-state index contributed by atoms with van der Waals surface area (Å²) in [7, 11) is 0.